The Labute approximate surface area is 153 Å². The van der Waals surface area contributed by atoms with E-state index in [4.69, 9.17) is 0 Å². The van der Waals surface area contributed by atoms with Crippen LogP contribution >= 0.6 is 0 Å². The first kappa shape index (κ1) is 18.1. The van der Waals surface area contributed by atoms with Crippen molar-refractivity contribution in [1.29, 1.82) is 0 Å². The van der Waals surface area contributed by atoms with Gasteiger partial charge in [-0.2, -0.15) is 0 Å². The van der Waals surface area contributed by atoms with Crippen LogP contribution in [0.4, 0.5) is 4.39 Å². The molecule has 0 spiro atoms. The van der Waals surface area contributed by atoms with E-state index in [1.54, 1.807) is 24.3 Å². The van der Waals surface area contributed by atoms with E-state index in [9.17, 15) is 14.0 Å². The summed E-state index contributed by atoms with van der Waals surface area (Å²) in [6.07, 6.45) is 2.05. The molecule has 2 aromatic rings. The van der Waals surface area contributed by atoms with Crippen LogP contribution in [0.1, 0.15) is 48.1 Å². The molecular formula is C21H23FN2O2. The quantitative estimate of drug-likeness (QED) is 0.890. The number of benzene rings is 2. The zero-order valence-electron chi connectivity index (χ0n) is 14.8. The molecule has 0 aliphatic carbocycles. The Hall–Kier alpha value is -2.69. The number of nitrogens with zero attached hydrogens (tertiary/aromatic N) is 1. The molecule has 2 aromatic carbocycles. The summed E-state index contributed by atoms with van der Waals surface area (Å²) < 4.78 is 13.1. The normalized spacial score (nSPS) is 17.8. The lowest BCUT2D eigenvalue weighted by molar-refractivity contribution is -0.132. The van der Waals surface area contributed by atoms with Crippen molar-refractivity contribution in [2.75, 3.05) is 6.54 Å². The van der Waals surface area contributed by atoms with Gasteiger partial charge in [0.25, 0.3) is 5.91 Å². The van der Waals surface area contributed by atoms with Gasteiger partial charge in [0, 0.05) is 24.6 Å². The number of likely N-dealkylation sites (tertiary alicyclic amines) is 1. The van der Waals surface area contributed by atoms with Gasteiger partial charge in [0.2, 0.25) is 5.91 Å². The van der Waals surface area contributed by atoms with Crippen molar-refractivity contribution >= 4 is 11.8 Å². The third-order valence-corrected chi connectivity index (χ3v) is 4.72. The molecule has 1 N–H and O–H groups in total. The smallest absolute Gasteiger partial charge is 0.251 e. The highest BCUT2D eigenvalue weighted by Gasteiger charge is 2.30. The zero-order chi connectivity index (χ0) is 18.5. The van der Waals surface area contributed by atoms with Gasteiger partial charge in [-0.3, -0.25) is 9.59 Å². The number of amides is 2. The van der Waals surface area contributed by atoms with Gasteiger partial charge in [-0.1, -0.05) is 30.3 Å². The first-order valence-electron chi connectivity index (χ1n) is 8.95. The van der Waals surface area contributed by atoms with E-state index in [1.165, 1.54) is 12.1 Å². The van der Waals surface area contributed by atoms with Gasteiger partial charge in [-0.25, -0.2) is 4.39 Å². The average Bonchev–Trinajstić information content (AvgIpc) is 3.13. The van der Waals surface area contributed by atoms with Crippen LogP contribution in [0.15, 0.2) is 54.6 Å². The van der Waals surface area contributed by atoms with Crippen molar-refractivity contribution in [3.05, 3.63) is 71.5 Å². The van der Waals surface area contributed by atoms with Crippen LogP contribution in [-0.2, 0) is 4.79 Å². The second kappa shape index (κ2) is 8.13. The molecule has 1 aliphatic heterocycles. The van der Waals surface area contributed by atoms with Gasteiger partial charge in [-0.05, 0) is 49.6 Å². The molecule has 3 rings (SSSR count). The van der Waals surface area contributed by atoms with Crippen LogP contribution < -0.4 is 5.32 Å². The predicted molar refractivity (Wildman–Crippen MR) is 98.1 cm³/mol. The van der Waals surface area contributed by atoms with Crippen LogP contribution in [0, 0.1) is 5.82 Å². The number of carbonyl (C=O) groups is 2. The highest BCUT2D eigenvalue weighted by molar-refractivity contribution is 5.94. The predicted octanol–water partition coefficient (Wildman–Crippen LogP) is 3.70. The minimum absolute atomic E-state index is 0.0117. The van der Waals surface area contributed by atoms with Crippen molar-refractivity contribution < 1.29 is 14.0 Å². The van der Waals surface area contributed by atoms with Crippen molar-refractivity contribution in [3.8, 4) is 0 Å². The lowest BCUT2D eigenvalue weighted by Gasteiger charge is -2.26. The van der Waals surface area contributed by atoms with Crippen LogP contribution in [0.2, 0.25) is 0 Å². The monoisotopic (exact) mass is 354 g/mol. The van der Waals surface area contributed by atoms with E-state index in [0.717, 1.165) is 18.4 Å². The molecule has 4 nitrogen and oxygen atoms in total. The maximum absolute atomic E-state index is 13.1. The van der Waals surface area contributed by atoms with Gasteiger partial charge in [0.15, 0.2) is 0 Å². The summed E-state index contributed by atoms with van der Waals surface area (Å²) in [4.78, 5) is 26.8. The fraction of sp³-hybridized carbons (Fsp3) is 0.333. The summed E-state index contributed by atoms with van der Waals surface area (Å²) >= 11 is 0. The summed E-state index contributed by atoms with van der Waals surface area (Å²) in [5.74, 6) is -0.443. The molecule has 2 amide bonds. The first-order chi connectivity index (χ1) is 12.5. The molecule has 2 unspecified atom stereocenters. The molecule has 1 saturated heterocycles. The Morgan fingerprint density at radius 1 is 1.15 bits per heavy atom. The fourth-order valence-electron chi connectivity index (χ4n) is 3.42. The molecule has 5 heteroatoms. The SMILES string of the molecule is CC(CC(=O)N1CCCC1c1ccc(F)cc1)NC(=O)c1ccccc1. The second-order valence-corrected chi connectivity index (χ2v) is 6.74. The van der Waals surface area contributed by atoms with Crippen molar-refractivity contribution in [1.82, 2.24) is 10.2 Å². The number of halogens is 1. The van der Waals surface area contributed by atoms with E-state index in [1.807, 2.05) is 30.0 Å². The minimum atomic E-state index is -0.276. The van der Waals surface area contributed by atoms with E-state index >= 15 is 0 Å². The minimum Gasteiger partial charge on any atom is -0.349 e. The maximum atomic E-state index is 13.1. The van der Waals surface area contributed by atoms with Crippen LogP contribution in [-0.4, -0.2) is 29.3 Å². The van der Waals surface area contributed by atoms with Gasteiger partial charge in [-0.15, -0.1) is 0 Å². The Balaban J connectivity index is 1.59. The third-order valence-electron chi connectivity index (χ3n) is 4.72. The van der Waals surface area contributed by atoms with Gasteiger partial charge < -0.3 is 10.2 Å². The fourth-order valence-corrected chi connectivity index (χ4v) is 3.42. The molecule has 0 radical (unpaired) electrons. The highest BCUT2D eigenvalue weighted by Crippen LogP contribution is 2.32. The summed E-state index contributed by atoms with van der Waals surface area (Å²) in [5.41, 5.74) is 1.54. The molecular weight excluding hydrogens is 331 g/mol. The number of nitrogens with one attached hydrogen (secondary N) is 1. The van der Waals surface area contributed by atoms with Gasteiger partial charge >= 0.3 is 0 Å². The molecule has 0 aromatic heterocycles. The van der Waals surface area contributed by atoms with Crippen LogP contribution in [0.3, 0.4) is 0 Å². The first-order valence-corrected chi connectivity index (χ1v) is 8.95. The van der Waals surface area contributed by atoms with Crippen LogP contribution in [0.25, 0.3) is 0 Å². The largest absolute Gasteiger partial charge is 0.349 e. The summed E-state index contributed by atoms with van der Waals surface area (Å²) in [5, 5.41) is 2.88. The molecule has 1 aliphatic rings. The van der Waals surface area contributed by atoms with Gasteiger partial charge in [0.05, 0.1) is 6.04 Å². The number of carbonyl (C=O) groups excluding carboxylic acids is 2. The van der Waals surface area contributed by atoms with E-state index in [2.05, 4.69) is 5.32 Å². The topological polar surface area (TPSA) is 49.4 Å². The lowest BCUT2D eigenvalue weighted by atomic mass is 10.0. The molecule has 26 heavy (non-hydrogen) atoms. The molecule has 1 fully saturated rings. The van der Waals surface area contributed by atoms with E-state index in [-0.39, 0.29) is 36.1 Å². The Kier molecular flexibility index (Phi) is 5.66. The number of hydrogen-bond donors (Lipinski definition) is 1. The molecule has 0 saturated carbocycles. The zero-order valence-corrected chi connectivity index (χ0v) is 14.8. The van der Waals surface area contributed by atoms with Crippen molar-refractivity contribution in [2.24, 2.45) is 0 Å². The van der Waals surface area contributed by atoms with E-state index < -0.39 is 0 Å². The summed E-state index contributed by atoms with van der Waals surface area (Å²) in [6, 6.07) is 15.0. The van der Waals surface area contributed by atoms with Crippen molar-refractivity contribution in [3.63, 3.8) is 0 Å². The highest BCUT2D eigenvalue weighted by atomic mass is 19.1. The Morgan fingerprint density at radius 3 is 2.54 bits per heavy atom. The molecule has 2 atom stereocenters. The molecule has 136 valence electrons. The van der Waals surface area contributed by atoms with Crippen LogP contribution in [0.5, 0.6) is 0 Å². The molecule has 1 heterocycles. The Morgan fingerprint density at radius 2 is 1.85 bits per heavy atom. The second-order valence-electron chi connectivity index (χ2n) is 6.74. The maximum Gasteiger partial charge on any atom is 0.251 e. The lowest BCUT2D eigenvalue weighted by Crippen LogP contribution is -2.39. The third kappa shape index (κ3) is 4.28. The number of hydrogen-bond acceptors (Lipinski definition) is 2. The summed E-state index contributed by atoms with van der Waals surface area (Å²) in [7, 11) is 0. The van der Waals surface area contributed by atoms with E-state index in [0.29, 0.717) is 12.1 Å². The standard InChI is InChI=1S/C21H23FN2O2/c1-15(23-21(26)17-6-3-2-4-7-17)14-20(25)24-13-5-8-19(24)16-9-11-18(22)12-10-16/h2-4,6-7,9-12,15,19H,5,8,13-14H2,1H3,(H,23,26). The number of rotatable bonds is 5. The average molecular weight is 354 g/mol. The summed E-state index contributed by atoms with van der Waals surface area (Å²) in [6.45, 7) is 2.53. The van der Waals surface area contributed by atoms with Crippen molar-refractivity contribution in [2.45, 2.75) is 38.3 Å². The van der Waals surface area contributed by atoms with Gasteiger partial charge in [0.1, 0.15) is 5.82 Å². The Bertz CT molecular complexity index is 761. The molecule has 0 bridgehead atoms.